The van der Waals surface area contributed by atoms with Crippen molar-refractivity contribution in [3.05, 3.63) is 24.2 Å². The minimum atomic E-state index is 0.264. The van der Waals surface area contributed by atoms with E-state index in [0.717, 1.165) is 25.5 Å². The maximum Gasteiger partial charge on any atom is 0.117 e. The fourth-order valence-electron chi connectivity index (χ4n) is 1.16. The van der Waals surface area contributed by atoms with E-state index in [-0.39, 0.29) is 6.10 Å². The van der Waals surface area contributed by atoms with Crippen LogP contribution in [-0.4, -0.2) is 19.3 Å². The summed E-state index contributed by atoms with van der Waals surface area (Å²) in [5, 5.41) is 3.25. The normalized spacial score (nSPS) is 13.1. The summed E-state index contributed by atoms with van der Waals surface area (Å²) < 4.78 is 10.5. The number of furan rings is 1. The minimum absolute atomic E-state index is 0.264. The molecular formula is C10H17NO2. The summed E-state index contributed by atoms with van der Waals surface area (Å²) in [6.07, 6.45) is 1.95. The van der Waals surface area contributed by atoms with Crippen molar-refractivity contribution < 1.29 is 9.15 Å². The molecule has 0 aliphatic carbocycles. The number of hydrogen-bond donors (Lipinski definition) is 1. The zero-order valence-corrected chi connectivity index (χ0v) is 8.25. The predicted octanol–water partition coefficient (Wildman–Crippen LogP) is 1.79. The van der Waals surface area contributed by atoms with Gasteiger partial charge in [-0.25, -0.2) is 0 Å². The molecule has 0 bridgehead atoms. The molecule has 1 unspecified atom stereocenters. The average molecular weight is 183 g/mol. The minimum Gasteiger partial charge on any atom is -0.468 e. The van der Waals surface area contributed by atoms with E-state index < -0.39 is 0 Å². The molecular weight excluding hydrogens is 166 g/mol. The fourth-order valence-corrected chi connectivity index (χ4v) is 1.16. The van der Waals surface area contributed by atoms with Gasteiger partial charge in [0.25, 0.3) is 0 Å². The van der Waals surface area contributed by atoms with E-state index in [1.54, 1.807) is 6.26 Å². The van der Waals surface area contributed by atoms with Crippen molar-refractivity contribution in [2.45, 2.75) is 26.5 Å². The molecule has 1 aromatic rings. The number of ether oxygens (including phenoxy) is 1. The predicted molar refractivity (Wildman–Crippen MR) is 51.5 cm³/mol. The summed E-state index contributed by atoms with van der Waals surface area (Å²) in [5.41, 5.74) is 0. The van der Waals surface area contributed by atoms with E-state index in [1.165, 1.54) is 0 Å². The molecule has 3 heteroatoms. The molecule has 0 amide bonds. The third-order valence-corrected chi connectivity index (χ3v) is 1.76. The van der Waals surface area contributed by atoms with Crippen molar-refractivity contribution in [2.75, 3.05) is 13.2 Å². The Hall–Kier alpha value is -0.800. The molecule has 0 fully saturated rings. The second-order valence-corrected chi connectivity index (χ2v) is 2.98. The number of rotatable bonds is 6. The van der Waals surface area contributed by atoms with Crippen LogP contribution in [0.5, 0.6) is 0 Å². The van der Waals surface area contributed by atoms with Gasteiger partial charge in [-0.15, -0.1) is 0 Å². The summed E-state index contributed by atoms with van der Waals surface area (Å²) in [6, 6.07) is 3.85. The van der Waals surface area contributed by atoms with Gasteiger partial charge >= 0.3 is 0 Å². The topological polar surface area (TPSA) is 34.4 Å². The van der Waals surface area contributed by atoms with Gasteiger partial charge in [0.05, 0.1) is 18.9 Å². The molecule has 1 heterocycles. The Labute approximate surface area is 79.1 Å². The van der Waals surface area contributed by atoms with E-state index in [9.17, 15) is 0 Å². The van der Waals surface area contributed by atoms with Gasteiger partial charge < -0.3 is 14.5 Å². The maximum absolute atomic E-state index is 5.37. The van der Waals surface area contributed by atoms with Crippen LogP contribution in [0.4, 0.5) is 0 Å². The van der Waals surface area contributed by atoms with Gasteiger partial charge in [-0.1, -0.05) is 0 Å². The first kappa shape index (κ1) is 10.3. The van der Waals surface area contributed by atoms with Gasteiger partial charge in [0.2, 0.25) is 0 Å². The Bertz CT molecular complexity index is 209. The highest BCUT2D eigenvalue weighted by Gasteiger charge is 2.00. The lowest BCUT2D eigenvalue weighted by Gasteiger charge is -2.11. The van der Waals surface area contributed by atoms with Crippen molar-refractivity contribution in [1.82, 2.24) is 5.32 Å². The monoisotopic (exact) mass is 183 g/mol. The zero-order valence-electron chi connectivity index (χ0n) is 8.25. The Morgan fingerprint density at radius 1 is 1.62 bits per heavy atom. The second-order valence-electron chi connectivity index (χ2n) is 2.98. The molecule has 1 aromatic heterocycles. The smallest absolute Gasteiger partial charge is 0.117 e. The third-order valence-electron chi connectivity index (χ3n) is 1.76. The van der Waals surface area contributed by atoms with Gasteiger partial charge in [0, 0.05) is 13.2 Å². The molecule has 3 nitrogen and oxygen atoms in total. The lowest BCUT2D eigenvalue weighted by Crippen LogP contribution is -2.26. The van der Waals surface area contributed by atoms with Gasteiger partial charge in [-0.3, -0.25) is 0 Å². The SMILES string of the molecule is CCOC(C)CNCc1ccco1. The van der Waals surface area contributed by atoms with Crippen LogP contribution in [0.25, 0.3) is 0 Å². The van der Waals surface area contributed by atoms with Crippen LogP contribution in [0.15, 0.2) is 22.8 Å². The van der Waals surface area contributed by atoms with E-state index in [1.807, 2.05) is 19.1 Å². The van der Waals surface area contributed by atoms with Crippen LogP contribution >= 0.6 is 0 Å². The van der Waals surface area contributed by atoms with Crippen LogP contribution < -0.4 is 5.32 Å². The standard InChI is InChI=1S/C10H17NO2/c1-3-12-9(2)7-11-8-10-5-4-6-13-10/h4-6,9,11H,3,7-8H2,1-2H3. The van der Waals surface area contributed by atoms with Crippen LogP contribution in [0.1, 0.15) is 19.6 Å². The molecule has 0 spiro atoms. The largest absolute Gasteiger partial charge is 0.468 e. The van der Waals surface area contributed by atoms with Crippen molar-refractivity contribution in [2.24, 2.45) is 0 Å². The molecule has 0 aromatic carbocycles. The van der Waals surface area contributed by atoms with Crippen molar-refractivity contribution in [1.29, 1.82) is 0 Å². The first-order valence-electron chi connectivity index (χ1n) is 4.67. The van der Waals surface area contributed by atoms with E-state index in [0.29, 0.717) is 0 Å². The summed E-state index contributed by atoms with van der Waals surface area (Å²) in [4.78, 5) is 0. The molecule has 74 valence electrons. The highest BCUT2D eigenvalue weighted by molar-refractivity contribution is 4.97. The summed E-state index contributed by atoms with van der Waals surface area (Å²) in [7, 11) is 0. The lowest BCUT2D eigenvalue weighted by molar-refractivity contribution is 0.0756. The lowest BCUT2D eigenvalue weighted by atomic mass is 10.4. The summed E-state index contributed by atoms with van der Waals surface area (Å²) >= 11 is 0. The van der Waals surface area contributed by atoms with Crippen molar-refractivity contribution >= 4 is 0 Å². The Balaban J connectivity index is 2.07. The average Bonchev–Trinajstić information content (AvgIpc) is 2.57. The molecule has 0 saturated carbocycles. The van der Waals surface area contributed by atoms with Crippen LogP contribution in [0.2, 0.25) is 0 Å². The molecule has 1 atom stereocenters. The zero-order chi connectivity index (χ0) is 9.52. The van der Waals surface area contributed by atoms with E-state index >= 15 is 0 Å². The maximum atomic E-state index is 5.37. The number of nitrogens with one attached hydrogen (secondary N) is 1. The molecule has 0 saturated heterocycles. The summed E-state index contributed by atoms with van der Waals surface area (Å²) in [5.74, 6) is 0.962. The molecule has 0 aliphatic rings. The fraction of sp³-hybridized carbons (Fsp3) is 0.600. The second kappa shape index (κ2) is 5.78. The molecule has 1 rings (SSSR count). The van der Waals surface area contributed by atoms with Gasteiger partial charge in [0.15, 0.2) is 0 Å². The van der Waals surface area contributed by atoms with Gasteiger partial charge in [-0.05, 0) is 26.0 Å². The quantitative estimate of drug-likeness (QED) is 0.730. The van der Waals surface area contributed by atoms with E-state index in [2.05, 4.69) is 12.2 Å². The Morgan fingerprint density at radius 2 is 2.46 bits per heavy atom. The number of hydrogen-bond acceptors (Lipinski definition) is 3. The van der Waals surface area contributed by atoms with Crippen molar-refractivity contribution in [3.63, 3.8) is 0 Å². The third kappa shape index (κ3) is 4.10. The van der Waals surface area contributed by atoms with Gasteiger partial charge in [0.1, 0.15) is 5.76 Å². The highest BCUT2D eigenvalue weighted by Crippen LogP contribution is 1.98. The summed E-state index contributed by atoms with van der Waals surface area (Å²) in [6.45, 7) is 6.45. The Kier molecular flexibility index (Phi) is 4.57. The van der Waals surface area contributed by atoms with Crippen molar-refractivity contribution in [3.8, 4) is 0 Å². The first-order valence-corrected chi connectivity index (χ1v) is 4.67. The van der Waals surface area contributed by atoms with Gasteiger partial charge in [-0.2, -0.15) is 0 Å². The molecule has 0 aliphatic heterocycles. The van der Waals surface area contributed by atoms with E-state index in [4.69, 9.17) is 9.15 Å². The Morgan fingerprint density at radius 3 is 3.08 bits per heavy atom. The molecule has 0 radical (unpaired) electrons. The van der Waals surface area contributed by atoms with Crippen LogP contribution in [0, 0.1) is 0 Å². The van der Waals surface area contributed by atoms with Crippen LogP contribution in [0.3, 0.4) is 0 Å². The molecule has 13 heavy (non-hydrogen) atoms. The first-order chi connectivity index (χ1) is 6.33. The van der Waals surface area contributed by atoms with Crippen LogP contribution in [-0.2, 0) is 11.3 Å². The highest BCUT2D eigenvalue weighted by atomic mass is 16.5. The molecule has 1 N–H and O–H groups in total.